The van der Waals surface area contributed by atoms with Crippen LogP contribution in [0.15, 0.2) is 25.3 Å². The second-order valence-electron chi connectivity index (χ2n) is 5.75. The molecule has 136 valence electrons. The summed E-state index contributed by atoms with van der Waals surface area (Å²) in [5, 5.41) is 57.0. The molecule has 7 nitrogen and oxygen atoms in total. The summed E-state index contributed by atoms with van der Waals surface area (Å²) in [6.07, 6.45) is 1.21. The Hall–Kier alpha value is -0.800. The van der Waals surface area contributed by atoms with Crippen molar-refractivity contribution in [3.05, 3.63) is 25.3 Å². The summed E-state index contributed by atoms with van der Waals surface area (Å²) in [5.41, 5.74) is -2.32. The highest BCUT2D eigenvalue weighted by Gasteiger charge is 2.43. The Morgan fingerprint density at radius 3 is 1.17 bits per heavy atom. The third kappa shape index (κ3) is 5.09. The molecule has 0 aliphatic heterocycles. The molecular formula is C16H30O7. The lowest BCUT2D eigenvalue weighted by atomic mass is 9.78. The van der Waals surface area contributed by atoms with Gasteiger partial charge in [-0.15, -0.1) is 13.2 Å². The first kappa shape index (κ1) is 22.2. The molecule has 0 fully saturated rings. The van der Waals surface area contributed by atoms with E-state index >= 15 is 0 Å². The minimum Gasteiger partial charge on any atom is -0.396 e. The lowest BCUT2D eigenvalue weighted by Gasteiger charge is -2.42. The van der Waals surface area contributed by atoms with Crippen molar-refractivity contribution in [3.8, 4) is 0 Å². The number of hydrogen-bond acceptors (Lipinski definition) is 7. The van der Waals surface area contributed by atoms with Gasteiger partial charge >= 0.3 is 0 Å². The molecule has 23 heavy (non-hydrogen) atoms. The van der Waals surface area contributed by atoms with Gasteiger partial charge in [-0.1, -0.05) is 12.2 Å². The highest BCUT2D eigenvalue weighted by Crippen LogP contribution is 2.35. The minimum absolute atomic E-state index is 0.0752. The lowest BCUT2D eigenvalue weighted by Crippen LogP contribution is -2.50. The Morgan fingerprint density at radius 2 is 1.00 bits per heavy atom. The minimum atomic E-state index is -1.16. The molecule has 7 heteroatoms. The summed E-state index contributed by atoms with van der Waals surface area (Å²) in [4.78, 5) is 0. The fraction of sp³-hybridized carbons (Fsp3) is 0.750. The third-order valence-electron chi connectivity index (χ3n) is 4.41. The Morgan fingerprint density at radius 1 is 0.696 bits per heavy atom. The number of ether oxygens (including phenoxy) is 1. The van der Waals surface area contributed by atoms with E-state index in [0.717, 1.165) is 0 Å². The fourth-order valence-corrected chi connectivity index (χ4v) is 2.56. The summed E-state index contributed by atoms with van der Waals surface area (Å²) < 4.78 is 5.85. The third-order valence-corrected chi connectivity index (χ3v) is 4.41. The van der Waals surface area contributed by atoms with Crippen LogP contribution in [0, 0.1) is 10.8 Å². The molecule has 0 aliphatic rings. The monoisotopic (exact) mass is 334 g/mol. The molecule has 0 saturated carbocycles. The van der Waals surface area contributed by atoms with E-state index in [1.807, 2.05) is 0 Å². The van der Waals surface area contributed by atoms with Gasteiger partial charge < -0.3 is 35.4 Å². The van der Waals surface area contributed by atoms with E-state index in [1.54, 1.807) is 0 Å². The van der Waals surface area contributed by atoms with Gasteiger partial charge in [-0.2, -0.15) is 0 Å². The van der Waals surface area contributed by atoms with Crippen LogP contribution in [0.5, 0.6) is 0 Å². The first-order chi connectivity index (χ1) is 11.0. The highest BCUT2D eigenvalue weighted by molar-refractivity contribution is 5.02. The zero-order chi connectivity index (χ0) is 17.9. The quantitative estimate of drug-likeness (QED) is 0.220. The van der Waals surface area contributed by atoms with Crippen LogP contribution in [-0.4, -0.2) is 82.5 Å². The van der Waals surface area contributed by atoms with Crippen molar-refractivity contribution in [2.75, 3.05) is 39.6 Å². The van der Waals surface area contributed by atoms with Crippen molar-refractivity contribution in [1.82, 2.24) is 0 Å². The maximum atomic E-state index is 9.65. The fourth-order valence-electron chi connectivity index (χ4n) is 2.56. The zero-order valence-electron chi connectivity index (χ0n) is 13.5. The number of aliphatic hydroxyl groups excluding tert-OH is 6. The van der Waals surface area contributed by atoms with E-state index in [2.05, 4.69) is 13.2 Å². The normalized spacial score (nSPS) is 15.2. The van der Waals surface area contributed by atoms with Crippen molar-refractivity contribution < 1.29 is 35.4 Å². The van der Waals surface area contributed by atoms with Gasteiger partial charge in [-0.25, -0.2) is 0 Å². The summed E-state index contributed by atoms with van der Waals surface area (Å²) in [5.74, 6) is 0. The van der Waals surface area contributed by atoms with Gasteiger partial charge in [0.1, 0.15) is 0 Å². The Kier molecular flexibility index (Phi) is 10.5. The average molecular weight is 334 g/mol. The van der Waals surface area contributed by atoms with Crippen LogP contribution in [0.3, 0.4) is 0 Å². The first-order valence-corrected chi connectivity index (χ1v) is 7.55. The number of hydrogen-bond donors (Lipinski definition) is 6. The number of rotatable bonds is 14. The maximum absolute atomic E-state index is 9.65. The smallest absolute Gasteiger partial charge is 0.0862 e. The molecule has 0 saturated heterocycles. The average Bonchev–Trinajstić information content (AvgIpc) is 2.59. The maximum Gasteiger partial charge on any atom is 0.0862 e. The Bertz CT molecular complexity index is 305. The Balaban J connectivity index is 5.54. The SMILES string of the molecule is C=CC(OC(C=C)C(CO)(CO)CCO)C(CO)(CO)CCO. The molecule has 0 spiro atoms. The van der Waals surface area contributed by atoms with Gasteiger partial charge in [0, 0.05) is 24.0 Å². The standard InChI is InChI=1S/C16H30O7/c1-3-13(15(9-19,10-20)5-7-17)23-14(4-2)16(11-21,12-22)6-8-18/h3-4,13-14,17-22H,1-2,5-12H2. The molecule has 0 aromatic rings. The molecule has 2 atom stereocenters. The van der Waals surface area contributed by atoms with Crippen molar-refractivity contribution in [1.29, 1.82) is 0 Å². The van der Waals surface area contributed by atoms with Crippen LogP contribution < -0.4 is 0 Å². The van der Waals surface area contributed by atoms with Crippen molar-refractivity contribution >= 4 is 0 Å². The van der Waals surface area contributed by atoms with Crippen LogP contribution >= 0.6 is 0 Å². The second-order valence-corrected chi connectivity index (χ2v) is 5.75. The van der Waals surface area contributed by atoms with E-state index in [0.29, 0.717) is 0 Å². The van der Waals surface area contributed by atoms with Crippen molar-refractivity contribution in [2.24, 2.45) is 10.8 Å². The van der Waals surface area contributed by atoms with Gasteiger partial charge in [0.05, 0.1) is 38.6 Å². The van der Waals surface area contributed by atoms with Crippen LogP contribution in [0.25, 0.3) is 0 Å². The first-order valence-electron chi connectivity index (χ1n) is 7.55. The van der Waals surface area contributed by atoms with Gasteiger partial charge in [0.2, 0.25) is 0 Å². The van der Waals surface area contributed by atoms with Crippen molar-refractivity contribution in [2.45, 2.75) is 25.0 Å². The highest BCUT2D eigenvalue weighted by atomic mass is 16.5. The molecule has 6 N–H and O–H groups in total. The molecule has 0 bridgehead atoms. The molecule has 0 aliphatic carbocycles. The topological polar surface area (TPSA) is 131 Å². The van der Waals surface area contributed by atoms with Gasteiger partial charge in [-0.05, 0) is 12.8 Å². The molecule has 0 aromatic carbocycles. The van der Waals surface area contributed by atoms with E-state index in [1.165, 1.54) is 12.2 Å². The van der Waals surface area contributed by atoms with Gasteiger partial charge in [-0.3, -0.25) is 0 Å². The molecule has 0 heterocycles. The van der Waals surface area contributed by atoms with E-state index < -0.39 is 49.5 Å². The predicted molar refractivity (Wildman–Crippen MR) is 85.7 cm³/mol. The summed E-state index contributed by atoms with van der Waals surface area (Å²) in [6, 6.07) is 0. The number of aliphatic hydroxyl groups is 6. The lowest BCUT2D eigenvalue weighted by molar-refractivity contribution is -0.144. The van der Waals surface area contributed by atoms with Gasteiger partial charge in [0.15, 0.2) is 0 Å². The van der Waals surface area contributed by atoms with Crippen LogP contribution in [0.2, 0.25) is 0 Å². The predicted octanol–water partition coefficient (Wildman–Crippen LogP) is -1.18. The summed E-state index contributed by atoms with van der Waals surface area (Å²) >= 11 is 0. The van der Waals surface area contributed by atoms with E-state index in [4.69, 9.17) is 4.74 Å². The molecular weight excluding hydrogens is 304 g/mol. The molecule has 0 aromatic heterocycles. The van der Waals surface area contributed by atoms with Crippen LogP contribution in [0.1, 0.15) is 12.8 Å². The van der Waals surface area contributed by atoms with Crippen molar-refractivity contribution in [3.63, 3.8) is 0 Å². The zero-order valence-corrected chi connectivity index (χ0v) is 13.5. The Labute approximate surface area is 137 Å². The van der Waals surface area contributed by atoms with Gasteiger partial charge in [0.25, 0.3) is 0 Å². The van der Waals surface area contributed by atoms with Crippen LogP contribution in [0.4, 0.5) is 0 Å². The van der Waals surface area contributed by atoms with Crippen LogP contribution in [-0.2, 0) is 4.74 Å². The van der Waals surface area contributed by atoms with E-state index in [9.17, 15) is 30.6 Å². The molecule has 2 unspecified atom stereocenters. The molecule has 0 amide bonds. The second kappa shape index (κ2) is 10.9. The molecule has 0 rings (SSSR count). The summed E-state index contributed by atoms with van der Waals surface area (Å²) in [7, 11) is 0. The van der Waals surface area contributed by atoms with E-state index in [-0.39, 0.29) is 26.1 Å². The molecule has 0 radical (unpaired) electrons. The largest absolute Gasteiger partial charge is 0.396 e. The summed E-state index contributed by atoms with van der Waals surface area (Å²) in [6.45, 7) is 4.94.